The first-order chi connectivity index (χ1) is 13.6. The predicted molar refractivity (Wildman–Crippen MR) is 112 cm³/mol. The van der Waals surface area contributed by atoms with Crippen LogP contribution in [0.25, 0.3) is 0 Å². The van der Waals surface area contributed by atoms with Crippen LogP contribution in [-0.4, -0.2) is 54.1 Å². The molecule has 0 bridgehead atoms. The van der Waals surface area contributed by atoms with Crippen LogP contribution >= 0.6 is 11.6 Å². The van der Waals surface area contributed by atoms with Crippen molar-refractivity contribution in [1.29, 1.82) is 0 Å². The van der Waals surface area contributed by atoms with Gasteiger partial charge in [0.1, 0.15) is 5.60 Å². The van der Waals surface area contributed by atoms with Crippen LogP contribution in [0.3, 0.4) is 0 Å². The average molecular weight is 424 g/mol. The zero-order chi connectivity index (χ0) is 21.4. The molecule has 160 valence electrons. The minimum atomic E-state index is -0.563. The van der Waals surface area contributed by atoms with E-state index in [0.29, 0.717) is 31.0 Å². The fourth-order valence-electron chi connectivity index (χ4n) is 3.11. The summed E-state index contributed by atoms with van der Waals surface area (Å²) in [7, 11) is 0. The number of carbonyl (C=O) groups excluding carboxylic acids is 3. The summed E-state index contributed by atoms with van der Waals surface area (Å²) in [6.45, 7) is 6.77. The zero-order valence-electron chi connectivity index (χ0n) is 17.3. The Morgan fingerprint density at radius 2 is 1.83 bits per heavy atom. The number of ether oxygens (including phenoxy) is 1. The lowest BCUT2D eigenvalue weighted by Crippen LogP contribution is -2.47. The van der Waals surface area contributed by atoms with E-state index >= 15 is 0 Å². The highest BCUT2D eigenvalue weighted by molar-refractivity contribution is 6.31. The molecular weight excluding hydrogens is 394 g/mol. The van der Waals surface area contributed by atoms with E-state index in [4.69, 9.17) is 16.3 Å². The zero-order valence-corrected chi connectivity index (χ0v) is 18.1. The van der Waals surface area contributed by atoms with Gasteiger partial charge in [0.25, 0.3) is 0 Å². The maximum Gasteiger partial charge on any atom is 0.407 e. The molecule has 0 unspecified atom stereocenters. The highest BCUT2D eigenvalue weighted by Crippen LogP contribution is 2.16. The van der Waals surface area contributed by atoms with Crippen LogP contribution in [0.2, 0.25) is 5.02 Å². The fourth-order valence-corrected chi connectivity index (χ4v) is 3.31. The molecule has 0 atom stereocenters. The van der Waals surface area contributed by atoms with Crippen molar-refractivity contribution in [1.82, 2.24) is 15.5 Å². The number of halogens is 1. The third-order valence-electron chi connectivity index (χ3n) is 4.53. The first kappa shape index (κ1) is 23.0. The second-order valence-corrected chi connectivity index (χ2v) is 8.58. The van der Waals surface area contributed by atoms with Gasteiger partial charge in [0.2, 0.25) is 11.8 Å². The predicted octanol–water partition coefficient (Wildman–Crippen LogP) is 2.90. The second-order valence-electron chi connectivity index (χ2n) is 8.17. The molecular formula is C21H30ClN3O4. The van der Waals surface area contributed by atoms with E-state index in [-0.39, 0.29) is 37.2 Å². The van der Waals surface area contributed by atoms with Gasteiger partial charge >= 0.3 is 6.09 Å². The van der Waals surface area contributed by atoms with Crippen LogP contribution in [0.5, 0.6) is 0 Å². The highest BCUT2D eigenvalue weighted by atomic mass is 35.5. The van der Waals surface area contributed by atoms with Crippen molar-refractivity contribution in [2.24, 2.45) is 0 Å². The first-order valence-electron chi connectivity index (χ1n) is 9.91. The molecule has 7 nitrogen and oxygen atoms in total. The van der Waals surface area contributed by atoms with Crippen molar-refractivity contribution in [2.45, 2.75) is 58.1 Å². The number of carbonyl (C=O) groups is 3. The number of hydrogen-bond donors (Lipinski definition) is 2. The van der Waals surface area contributed by atoms with Gasteiger partial charge in [0.15, 0.2) is 0 Å². The fraction of sp³-hybridized carbons (Fsp3) is 0.571. The summed E-state index contributed by atoms with van der Waals surface area (Å²) in [6, 6.07) is 7.35. The highest BCUT2D eigenvalue weighted by Gasteiger charge is 2.24. The summed E-state index contributed by atoms with van der Waals surface area (Å²) in [5, 5.41) is 6.21. The monoisotopic (exact) mass is 423 g/mol. The number of nitrogens with one attached hydrogen (secondary N) is 2. The molecule has 3 amide bonds. The largest absolute Gasteiger partial charge is 0.444 e. The van der Waals surface area contributed by atoms with Crippen LogP contribution in [0, 0.1) is 0 Å². The normalized spacial score (nSPS) is 15.0. The summed E-state index contributed by atoms with van der Waals surface area (Å²) in [5.41, 5.74) is 0.239. The van der Waals surface area contributed by atoms with Gasteiger partial charge < -0.3 is 20.3 Å². The van der Waals surface area contributed by atoms with Crippen LogP contribution < -0.4 is 10.6 Å². The lowest BCUT2D eigenvalue weighted by atomic mass is 10.0. The van der Waals surface area contributed by atoms with E-state index in [0.717, 1.165) is 5.56 Å². The number of rotatable bonds is 6. The Morgan fingerprint density at radius 1 is 1.17 bits per heavy atom. The van der Waals surface area contributed by atoms with E-state index in [2.05, 4.69) is 10.6 Å². The minimum absolute atomic E-state index is 0.0121. The number of benzene rings is 1. The molecule has 0 aromatic heterocycles. The molecule has 1 aliphatic heterocycles. The number of nitrogens with zero attached hydrogens (tertiary/aromatic N) is 1. The minimum Gasteiger partial charge on any atom is -0.444 e. The van der Waals surface area contributed by atoms with Gasteiger partial charge in [-0.05, 0) is 45.2 Å². The van der Waals surface area contributed by atoms with E-state index in [1.165, 1.54) is 0 Å². The standard InChI is InChI=1S/C21H30ClN3O4/c1-21(2,3)29-20(28)23-11-8-19(27)25-12-9-16(10-13-25)24-18(26)14-15-6-4-5-7-17(15)22/h4-7,16H,8-14H2,1-3H3,(H,23,28)(H,24,26). The van der Waals surface area contributed by atoms with E-state index < -0.39 is 11.7 Å². The topological polar surface area (TPSA) is 87.7 Å². The lowest BCUT2D eigenvalue weighted by molar-refractivity contribution is -0.132. The van der Waals surface area contributed by atoms with E-state index in [1.807, 2.05) is 18.2 Å². The van der Waals surface area contributed by atoms with Crippen LogP contribution in [0.4, 0.5) is 4.79 Å². The first-order valence-corrected chi connectivity index (χ1v) is 10.3. The molecule has 1 aromatic carbocycles. The van der Waals surface area contributed by atoms with Gasteiger partial charge in [0.05, 0.1) is 6.42 Å². The number of alkyl carbamates (subject to hydrolysis) is 1. The van der Waals surface area contributed by atoms with Crippen LogP contribution in [0.15, 0.2) is 24.3 Å². The van der Waals surface area contributed by atoms with E-state index in [1.54, 1.807) is 31.7 Å². The Morgan fingerprint density at radius 3 is 2.45 bits per heavy atom. The number of hydrogen-bond acceptors (Lipinski definition) is 4. The van der Waals surface area contributed by atoms with Gasteiger partial charge in [-0.25, -0.2) is 4.79 Å². The smallest absolute Gasteiger partial charge is 0.407 e. The maximum absolute atomic E-state index is 12.3. The SMILES string of the molecule is CC(C)(C)OC(=O)NCCC(=O)N1CCC(NC(=O)Cc2ccccc2Cl)CC1. The van der Waals surface area contributed by atoms with Crippen molar-refractivity contribution in [3.8, 4) is 0 Å². The molecule has 29 heavy (non-hydrogen) atoms. The molecule has 0 saturated carbocycles. The molecule has 2 N–H and O–H groups in total. The summed E-state index contributed by atoms with van der Waals surface area (Å²) in [6.07, 6.45) is 1.36. The van der Waals surface area contributed by atoms with Crippen molar-refractivity contribution in [3.63, 3.8) is 0 Å². The quantitative estimate of drug-likeness (QED) is 0.736. The average Bonchev–Trinajstić information content (AvgIpc) is 2.62. The van der Waals surface area contributed by atoms with Crippen LogP contribution in [0.1, 0.15) is 45.6 Å². The maximum atomic E-state index is 12.3. The Hall–Kier alpha value is -2.28. The van der Waals surface area contributed by atoms with Crippen molar-refractivity contribution >= 4 is 29.5 Å². The molecule has 2 rings (SSSR count). The Balaban J connectivity index is 1.66. The van der Waals surface area contributed by atoms with Gasteiger partial charge in [-0.1, -0.05) is 29.8 Å². The van der Waals surface area contributed by atoms with E-state index in [9.17, 15) is 14.4 Å². The molecule has 1 aromatic rings. The molecule has 0 aliphatic carbocycles. The summed E-state index contributed by atoms with van der Waals surface area (Å²) < 4.78 is 5.14. The molecule has 0 spiro atoms. The molecule has 8 heteroatoms. The van der Waals surface area contributed by atoms with Crippen molar-refractivity contribution in [2.75, 3.05) is 19.6 Å². The van der Waals surface area contributed by atoms with Gasteiger partial charge in [-0.15, -0.1) is 0 Å². The van der Waals surface area contributed by atoms with Crippen molar-refractivity contribution < 1.29 is 19.1 Å². The number of amides is 3. The summed E-state index contributed by atoms with van der Waals surface area (Å²) in [4.78, 5) is 37.9. The summed E-state index contributed by atoms with van der Waals surface area (Å²) in [5.74, 6) is -0.0775. The van der Waals surface area contributed by atoms with Gasteiger partial charge in [-0.3, -0.25) is 9.59 Å². The molecule has 0 radical (unpaired) electrons. The molecule has 1 heterocycles. The Labute approximate surface area is 177 Å². The summed E-state index contributed by atoms with van der Waals surface area (Å²) >= 11 is 6.10. The van der Waals surface area contributed by atoms with Crippen LogP contribution in [-0.2, 0) is 20.7 Å². The molecule has 1 fully saturated rings. The number of piperidine rings is 1. The van der Waals surface area contributed by atoms with Gasteiger partial charge in [-0.2, -0.15) is 0 Å². The van der Waals surface area contributed by atoms with Crippen molar-refractivity contribution in [3.05, 3.63) is 34.9 Å². The molecule has 1 saturated heterocycles. The Bertz CT molecular complexity index is 725. The lowest BCUT2D eigenvalue weighted by Gasteiger charge is -2.32. The third-order valence-corrected chi connectivity index (χ3v) is 4.90. The molecule has 1 aliphatic rings. The second kappa shape index (κ2) is 10.5. The third kappa shape index (κ3) is 8.31. The number of likely N-dealkylation sites (tertiary alicyclic amines) is 1. The Kier molecular flexibility index (Phi) is 8.32. The van der Waals surface area contributed by atoms with Gasteiger partial charge in [0, 0.05) is 37.1 Å².